The Bertz CT molecular complexity index is 1520. The molecular formula is C30H33F3N4O5S. The lowest BCUT2D eigenvalue weighted by molar-refractivity contribution is -0.274. The van der Waals surface area contributed by atoms with Crippen LogP contribution in [-0.2, 0) is 27.7 Å². The van der Waals surface area contributed by atoms with Gasteiger partial charge in [-0.3, -0.25) is 4.79 Å². The van der Waals surface area contributed by atoms with Crippen LogP contribution in [0.25, 0.3) is 0 Å². The molecule has 0 radical (unpaired) electrons. The number of aliphatic hydroxyl groups excluding tert-OH is 1. The highest BCUT2D eigenvalue weighted by atomic mass is 32.2. The number of nitrogens with one attached hydrogen (secondary N) is 1. The number of amides is 1. The van der Waals surface area contributed by atoms with E-state index in [4.69, 9.17) is 0 Å². The first-order valence-electron chi connectivity index (χ1n) is 13.8. The number of sulfonamides is 1. The number of anilines is 2. The van der Waals surface area contributed by atoms with Crippen molar-refractivity contribution in [3.05, 3.63) is 83.9 Å². The smallest absolute Gasteiger partial charge is 0.406 e. The van der Waals surface area contributed by atoms with E-state index in [-0.39, 0.29) is 30.4 Å². The maximum atomic E-state index is 13.4. The number of aliphatic hydroxyl groups is 1. The van der Waals surface area contributed by atoms with Gasteiger partial charge in [-0.05, 0) is 74.5 Å². The molecule has 0 aliphatic carbocycles. The third kappa shape index (κ3) is 6.96. The van der Waals surface area contributed by atoms with Crippen LogP contribution in [-0.4, -0.2) is 87.5 Å². The lowest BCUT2D eigenvalue weighted by Gasteiger charge is -2.47. The van der Waals surface area contributed by atoms with Crippen LogP contribution < -0.4 is 14.4 Å². The van der Waals surface area contributed by atoms with Crippen LogP contribution in [0, 0.1) is 0 Å². The average Bonchev–Trinajstić information content (AvgIpc) is 3.10. The number of hydrogen-bond acceptors (Lipinski definition) is 7. The van der Waals surface area contributed by atoms with Crippen LogP contribution >= 0.6 is 0 Å². The zero-order chi connectivity index (χ0) is 30.9. The average molecular weight is 619 g/mol. The maximum absolute atomic E-state index is 13.4. The summed E-state index contributed by atoms with van der Waals surface area (Å²) in [4.78, 5) is 18.3. The molecule has 0 spiro atoms. The highest BCUT2D eigenvalue weighted by molar-refractivity contribution is 7.89. The molecule has 13 heteroatoms. The van der Waals surface area contributed by atoms with Gasteiger partial charge in [0.05, 0.1) is 29.6 Å². The number of carbonyl (C=O) groups is 1. The number of fused-ring (bicyclic) bond motifs is 2. The Morgan fingerprint density at radius 1 is 0.953 bits per heavy atom. The number of nitrogens with zero attached hydrogens (tertiary/aromatic N) is 3. The third-order valence-corrected chi connectivity index (χ3v) is 9.11. The fourth-order valence-corrected chi connectivity index (χ4v) is 6.94. The Labute approximate surface area is 248 Å². The van der Waals surface area contributed by atoms with Gasteiger partial charge >= 0.3 is 6.36 Å². The summed E-state index contributed by atoms with van der Waals surface area (Å²) < 4.78 is 71.0. The number of ether oxygens (including phenoxy) is 1. The highest BCUT2D eigenvalue weighted by Crippen LogP contribution is 2.39. The summed E-state index contributed by atoms with van der Waals surface area (Å²) in [6, 6.07) is 17.6. The van der Waals surface area contributed by atoms with Gasteiger partial charge in [0.2, 0.25) is 15.9 Å². The number of likely N-dealkylation sites (tertiary alicyclic amines) is 1. The predicted octanol–water partition coefficient (Wildman–Crippen LogP) is 3.30. The molecule has 0 bridgehead atoms. The monoisotopic (exact) mass is 618 g/mol. The van der Waals surface area contributed by atoms with E-state index in [1.165, 1.54) is 0 Å². The molecule has 2 aliphatic heterocycles. The Morgan fingerprint density at radius 3 is 2.05 bits per heavy atom. The molecule has 3 atom stereocenters. The summed E-state index contributed by atoms with van der Waals surface area (Å²) in [5.41, 5.74) is 3.84. The first-order valence-corrected chi connectivity index (χ1v) is 15.2. The zero-order valence-electron chi connectivity index (χ0n) is 23.7. The topological polar surface area (TPSA) is 102 Å². The summed E-state index contributed by atoms with van der Waals surface area (Å²) in [7, 11) is -0.818. The lowest BCUT2D eigenvalue weighted by atomic mass is 9.94. The number of aryl methyl sites for hydroxylation is 2. The van der Waals surface area contributed by atoms with Crippen molar-refractivity contribution in [1.29, 1.82) is 0 Å². The van der Waals surface area contributed by atoms with Gasteiger partial charge < -0.3 is 24.5 Å². The first-order chi connectivity index (χ1) is 20.3. The molecular weight excluding hydrogens is 585 g/mol. The number of likely N-dealkylation sites (N-methyl/N-ethyl adjacent to an activating group) is 1. The van der Waals surface area contributed by atoms with Crippen LogP contribution in [0.15, 0.2) is 77.7 Å². The van der Waals surface area contributed by atoms with Gasteiger partial charge in [-0.15, -0.1) is 13.2 Å². The van der Waals surface area contributed by atoms with E-state index >= 15 is 0 Å². The number of hydrogen-bond donors (Lipinski definition) is 2. The molecule has 0 saturated carbocycles. The van der Waals surface area contributed by atoms with Gasteiger partial charge in [-0.1, -0.05) is 36.4 Å². The number of carbonyl (C=O) groups excluding carboxylic acids is 1. The van der Waals surface area contributed by atoms with E-state index in [9.17, 15) is 31.5 Å². The largest absolute Gasteiger partial charge is 0.573 e. The van der Waals surface area contributed by atoms with Crippen molar-refractivity contribution < 1.29 is 36.2 Å². The number of rotatable bonds is 7. The molecule has 2 N–H and O–H groups in total. The Morgan fingerprint density at radius 2 is 1.51 bits per heavy atom. The van der Waals surface area contributed by atoms with Crippen LogP contribution in [0.1, 0.15) is 11.1 Å². The van der Waals surface area contributed by atoms with Crippen molar-refractivity contribution >= 4 is 27.3 Å². The minimum absolute atomic E-state index is 0.0795. The molecule has 0 unspecified atom stereocenters. The number of benzene rings is 3. The Hall–Kier alpha value is -3.65. The van der Waals surface area contributed by atoms with Gasteiger partial charge in [-0.2, -0.15) is 0 Å². The van der Waals surface area contributed by atoms with Crippen molar-refractivity contribution in [2.45, 2.75) is 42.3 Å². The minimum atomic E-state index is -4.92. The van der Waals surface area contributed by atoms with Gasteiger partial charge in [0.1, 0.15) is 5.75 Å². The normalized spacial score (nSPS) is 20.8. The zero-order valence-corrected chi connectivity index (χ0v) is 24.5. The van der Waals surface area contributed by atoms with Crippen molar-refractivity contribution in [2.75, 3.05) is 38.6 Å². The molecule has 3 aromatic rings. The van der Waals surface area contributed by atoms with Crippen LogP contribution in [0.2, 0.25) is 0 Å². The van der Waals surface area contributed by atoms with Crippen molar-refractivity contribution in [3.8, 4) is 5.75 Å². The van der Waals surface area contributed by atoms with E-state index in [0.29, 0.717) is 0 Å². The minimum Gasteiger partial charge on any atom is -0.406 e. The fraction of sp³-hybridized carbons (Fsp3) is 0.367. The molecule has 1 amide bonds. The SMILES string of the molecule is CN(C)CC(=O)N1C[C@@H](NS(=O)(=O)c2ccc(OC(F)(F)F)cc2)[C@H](O)[C@@H](N2c3ccccc3CCc3ccccc32)C1. The summed E-state index contributed by atoms with van der Waals surface area (Å²) in [5, 5.41) is 11.8. The lowest BCUT2D eigenvalue weighted by Crippen LogP contribution is -2.66. The quantitative estimate of drug-likeness (QED) is 0.419. The van der Waals surface area contributed by atoms with E-state index in [2.05, 4.69) is 9.46 Å². The summed E-state index contributed by atoms with van der Waals surface area (Å²) in [5.74, 6) is -0.806. The van der Waals surface area contributed by atoms with E-state index in [0.717, 1.165) is 59.6 Å². The molecule has 1 saturated heterocycles. The molecule has 230 valence electrons. The number of para-hydroxylation sites is 2. The van der Waals surface area contributed by atoms with Crippen LogP contribution in [0.3, 0.4) is 0 Å². The molecule has 0 aromatic heterocycles. The van der Waals surface area contributed by atoms with Crippen LogP contribution in [0.5, 0.6) is 5.75 Å². The summed E-state index contributed by atoms with van der Waals surface area (Å²) in [6.07, 6.45) is -4.66. The third-order valence-electron chi connectivity index (χ3n) is 7.61. The maximum Gasteiger partial charge on any atom is 0.573 e. The van der Waals surface area contributed by atoms with E-state index in [1.54, 1.807) is 23.9 Å². The van der Waals surface area contributed by atoms with E-state index in [1.807, 2.05) is 53.4 Å². The molecule has 43 heavy (non-hydrogen) atoms. The van der Waals surface area contributed by atoms with Gasteiger partial charge in [0.25, 0.3) is 0 Å². The van der Waals surface area contributed by atoms with E-state index < -0.39 is 40.3 Å². The number of piperidine rings is 1. The molecule has 1 fully saturated rings. The van der Waals surface area contributed by atoms with Crippen molar-refractivity contribution in [1.82, 2.24) is 14.5 Å². The molecule has 3 aromatic carbocycles. The molecule has 5 rings (SSSR count). The standard InChI is InChI=1S/C30H33F3N4O5S/c1-35(2)19-28(38)36-17-24(34-43(40,41)23-15-13-22(14-16-23)42-30(31,32)33)29(39)27(18-36)37-25-9-5-3-7-20(25)11-12-21-8-4-6-10-26(21)37/h3-10,13-16,24,27,29,34,39H,11-12,17-19H2,1-2H3/t24-,27+,29+/m1/s1. The number of halogens is 3. The van der Waals surface area contributed by atoms with Crippen molar-refractivity contribution in [2.24, 2.45) is 0 Å². The van der Waals surface area contributed by atoms with Crippen LogP contribution in [0.4, 0.5) is 24.5 Å². The second-order valence-corrected chi connectivity index (χ2v) is 12.7. The first kappa shape index (κ1) is 30.8. The Balaban J connectivity index is 1.51. The highest BCUT2D eigenvalue weighted by Gasteiger charge is 2.44. The molecule has 9 nitrogen and oxygen atoms in total. The van der Waals surface area contributed by atoms with Crippen molar-refractivity contribution in [3.63, 3.8) is 0 Å². The number of alkyl halides is 3. The predicted molar refractivity (Wildman–Crippen MR) is 155 cm³/mol. The Kier molecular flexibility index (Phi) is 8.70. The van der Waals surface area contributed by atoms with Gasteiger partial charge in [-0.25, -0.2) is 13.1 Å². The summed E-state index contributed by atoms with van der Waals surface area (Å²) >= 11 is 0. The second kappa shape index (κ2) is 12.2. The molecule has 2 heterocycles. The van der Waals surface area contributed by atoms with Gasteiger partial charge in [0.15, 0.2) is 0 Å². The van der Waals surface area contributed by atoms with Gasteiger partial charge in [0, 0.05) is 24.5 Å². The fourth-order valence-electron chi connectivity index (χ4n) is 5.70. The summed E-state index contributed by atoms with van der Waals surface area (Å²) in [6.45, 7) is 0.115. The molecule has 2 aliphatic rings. The second-order valence-electron chi connectivity index (χ2n) is 11.0.